The van der Waals surface area contributed by atoms with Gasteiger partial charge in [-0.05, 0) is 88.8 Å². The second-order valence-corrected chi connectivity index (χ2v) is 11.2. The van der Waals surface area contributed by atoms with Gasteiger partial charge in [0.2, 0.25) is 10.0 Å². The van der Waals surface area contributed by atoms with E-state index in [2.05, 4.69) is 21.9 Å². The quantitative estimate of drug-likeness (QED) is 0.670. The summed E-state index contributed by atoms with van der Waals surface area (Å²) in [6.45, 7) is 4.35. The molecule has 0 aliphatic carbocycles. The Kier molecular flexibility index (Phi) is 6.82. The second-order valence-electron chi connectivity index (χ2n) is 9.11. The number of hydrogen-bond donors (Lipinski definition) is 0. The van der Waals surface area contributed by atoms with Crippen LogP contribution < -0.4 is 4.31 Å². The van der Waals surface area contributed by atoms with Crippen molar-refractivity contribution in [3.63, 3.8) is 0 Å². The number of piperidine rings is 2. The standard InChI is InChI=1S/C23H37N3O2S/c1-24(29(27,28)19-7-17-25-15-4-2-5-16-25)21-11-9-20(10-12-21)23-14-13-22-8-3-6-18-26(22)23/h9-12,22-23H,2-8,13-19H2,1H3/t22-,23?/m1/s1. The summed E-state index contributed by atoms with van der Waals surface area (Å²) in [7, 11) is -1.57. The summed E-state index contributed by atoms with van der Waals surface area (Å²) < 4.78 is 27.1. The van der Waals surface area contributed by atoms with E-state index in [1.807, 2.05) is 12.1 Å². The van der Waals surface area contributed by atoms with Crippen LogP contribution in [0.1, 0.15) is 69.4 Å². The second kappa shape index (κ2) is 9.36. The number of hydrogen-bond acceptors (Lipinski definition) is 4. The predicted octanol–water partition coefficient (Wildman–Crippen LogP) is 4.02. The van der Waals surface area contributed by atoms with Gasteiger partial charge in [0.05, 0.1) is 11.4 Å². The lowest BCUT2D eigenvalue weighted by Gasteiger charge is -2.34. The van der Waals surface area contributed by atoms with Gasteiger partial charge in [-0.2, -0.15) is 0 Å². The van der Waals surface area contributed by atoms with Crippen molar-refractivity contribution < 1.29 is 8.42 Å². The summed E-state index contributed by atoms with van der Waals surface area (Å²) in [4.78, 5) is 5.09. The van der Waals surface area contributed by atoms with Crippen molar-refractivity contribution in [3.8, 4) is 0 Å². The minimum absolute atomic E-state index is 0.222. The van der Waals surface area contributed by atoms with Crippen molar-refractivity contribution in [1.29, 1.82) is 0 Å². The normalized spacial score (nSPS) is 26.4. The molecule has 0 amide bonds. The van der Waals surface area contributed by atoms with E-state index in [4.69, 9.17) is 0 Å². The summed E-state index contributed by atoms with van der Waals surface area (Å²) in [5.41, 5.74) is 2.12. The Morgan fingerprint density at radius 1 is 0.931 bits per heavy atom. The third kappa shape index (κ3) is 4.97. The van der Waals surface area contributed by atoms with Crippen LogP contribution in [0, 0.1) is 0 Å². The number of nitrogens with zero attached hydrogens (tertiary/aromatic N) is 3. The zero-order valence-electron chi connectivity index (χ0n) is 17.9. The lowest BCUT2D eigenvalue weighted by atomic mass is 10.0. The third-order valence-electron chi connectivity index (χ3n) is 7.23. The van der Waals surface area contributed by atoms with Gasteiger partial charge in [-0.3, -0.25) is 9.21 Å². The van der Waals surface area contributed by atoms with Crippen LogP contribution in [0.15, 0.2) is 24.3 Å². The van der Waals surface area contributed by atoms with Crippen LogP contribution in [0.4, 0.5) is 5.69 Å². The molecule has 3 aliphatic heterocycles. The first-order chi connectivity index (χ1) is 14.0. The number of rotatable bonds is 7. The molecule has 1 unspecified atom stereocenters. The number of benzene rings is 1. The van der Waals surface area contributed by atoms with E-state index < -0.39 is 10.0 Å². The van der Waals surface area contributed by atoms with Crippen LogP contribution in [0.3, 0.4) is 0 Å². The molecule has 0 radical (unpaired) electrons. The molecule has 3 fully saturated rings. The fourth-order valence-electron chi connectivity index (χ4n) is 5.47. The van der Waals surface area contributed by atoms with Gasteiger partial charge in [0, 0.05) is 19.1 Å². The van der Waals surface area contributed by atoms with Gasteiger partial charge >= 0.3 is 0 Å². The summed E-state index contributed by atoms with van der Waals surface area (Å²) in [5.74, 6) is 0.222. The van der Waals surface area contributed by atoms with Crippen LogP contribution >= 0.6 is 0 Å². The van der Waals surface area contributed by atoms with Gasteiger partial charge in [0.25, 0.3) is 0 Å². The topological polar surface area (TPSA) is 43.9 Å². The highest BCUT2D eigenvalue weighted by molar-refractivity contribution is 7.92. The Bertz CT molecular complexity index is 759. The molecule has 0 spiro atoms. The first-order valence-corrected chi connectivity index (χ1v) is 13.2. The third-order valence-corrected chi connectivity index (χ3v) is 9.08. The molecule has 0 N–H and O–H groups in total. The van der Waals surface area contributed by atoms with Crippen molar-refractivity contribution >= 4 is 15.7 Å². The monoisotopic (exact) mass is 419 g/mol. The van der Waals surface area contributed by atoms with Gasteiger partial charge in [-0.15, -0.1) is 0 Å². The van der Waals surface area contributed by atoms with Crippen LogP contribution in [0.2, 0.25) is 0 Å². The van der Waals surface area contributed by atoms with Crippen molar-refractivity contribution in [2.45, 2.75) is 69.9 Å². The number of sulfonamides is 1. The molecule has 3 saturated heterocycles. The first kappa shape index (κ1) is 21.1. The molecule has 3 aliphatic rings. The maximum absolute atomic E-state index is 12.8. The molecule has 0 aromatic heterocycles. The van der Waals surface area contributed by atoms with Crippen molar-refractivity contribution in [2.75, 3.05) is 43.3 Å². The molecule has 2 atom stereocenters. The van der Waals surface area contributed by atoms with Crippen molar-refractivity contribution in [3.05, 3.63) is 29.8 Å². The molecule has 5 nitrogen and oxygen atoms in total. The summed E-state index contributed by atoms with van der Waals surface area (Å²) in [5, 5.41) is 0. The Hall–Kier alpha value is -1.11. The number of fused-ring (bicyclic) bond motifs is 1. The van der Waals surface area contributed by atoms with Gasteiger partial charge in [0.1, 0.15) is 0 Å². The highest BCUT2D eigenvalue weighted by Gasteiger charge is 2.35. The van der Waals surface area contributed by atoms with Crippen LogP contribution in [-0.2, 0) is 10.0 Å². The van der Waals surface area contributed by atoms with E-state index >= 15 is 0 Å². The van der Waals surface area contributed by atoms with Gasteiger partial charge in [-0.25, -0.2) is 8.42 Å². The van der Waals surface area contributed by atoms with Gasteiger partial charge in [0.15, 0.2) is 0 Å². The average molecular weight is 420 g/mol. The fraction of sp³-hybridized carbons (Fsp3) is 0.739. The van der Waals surface area contributed by atoms with Crippen LogP contribution in [-0.4, -0.2) is 63.2 Å². The number of likely N-dealkylation sites (tertiary alicyclic amines) is 1. The van der Waals surface area contributed by atoms with E-state index in [9.17, 15) is 8.42 Å². The molecule has 0 bridgehead atoms. The summed E-state index contributed by atoms with van der Waals surface area (Å²) >= 11 is 0. The molecule has 3 heterocycles. The molecule has 6 heteroatoms. The van der Waals surface area contributed by atoms with Gasteiger partial charge < -0.3 is 4.90 Å². The minimum Gasteiger partial charge on any atom is -0.303 e. The predicted molar refractivity (Wildman–Crippen MR) is 120 cm³/mol. The molecule has 1 aromatic rings. The van der Waals surface area contributed by atoms with Crippen LogP contribution in [0.25, 0.3) is 0 Å². The van der Waals surface area contributed by atoms with Gasteiger partial charge in [-0.1, -0.05) is 25.0 Å². The Morgan fingerprint density at radius 2 is 1.66 bits per heavy atom. The van der Waals surface area contributed by atoms with Crippen molar-refractivity contribution in [1.82, 2.24) is 9.80 Å². The Morgan fingerprint density at radius 3 is 2.41 bits per heavy atom. The zero-order valence-corrected chi connectivity index (χ0v) is 18.7. The zero-order chi connectivity index (χ0) is 20.3. The molecular formula is C23H37N3O2S. The molecule has 29 heavy (non-hydrogen) atoms. The largest absolute Gasteiger partial charge is 0.303 e. The molecule has 0 saturated carbocycles. The Balaban J connectivity index is 1.33. The highest BCUT2D eigenvalue weighted by Crippen LogP contribution is 2.40. The lowest BCUT2D eigenvalue weighted by Crippen LogP contribution is -2.35. The smallest absolute Gasteiger partial charge is 0.234 e. The molecular weight excluding hydrogens is 382 g/mol. The van der Waals surface area contributed by atoms with Crippen molar-refractivity contribution in [2.24, 2.45) is 0 Å². The highest BCUT2D eigenvalue weighted by atomic mass is 32.2. The van der Waals surface area contributed by atoms with E-state index in [0.29, 0.717) is 12.5 Å². The minimum atomic E-state index is -3.27. The van der Waals surface area contributed by atoms with Crippen LogP contribution in [0.5, 0.6) is 0 Å². The maximum atomic E-state index is 12.8. The maximum Gasteiger partial charge on any atom is 0.234 e. The number of anilines is 1. The van der Waals surface area contributed by atoms with E-state index in [1.165, 1.54) is 67.8 Å². The lowest BCUT2D eigenvalue weighted by molar-refractivity contribution is 0.150. The Labute approximate surface area is 177 Å². The summed E-state index contributed by atoms with van der Waals surface area (Å²) in [6.07, 6.45) is 11.1. The fourth-order valence-corrected chi connectivity index (χ4v) is 6.69. The van der Waals surface area contributed by atoms with E-state index in [0.717, 1.165) is 31.4 Å². The van der Waals surface area contributed by atoms with E-state index in [-0.39, 0.29) is 5.75 Å². The summed E-state index contributed by atoms with van der Waals surface area (Å²) in [6, 6.07) is 9.56. The molecule has 4 rings (SSSR count). The molecule has 162 valence electrons. The average Bonchev–Trinajstić information content (AvgIpc) is 3.18. The van der Waals surface area contributed by atoms with E-state index in [1.54, 1.807) is 7.05 Å². The first-order valence-electron chi connectivity index (χ1n) is 11.6. The SMILES string of the molecule is CN(c1ccc(C2CC[C@H]3CCCCN23)cc1)S(=O)(=O)CCCN1CCCCC1. The molecule has 1 aromatic carbocycles.